The van der Waals surface area contributed by atoms with Gasteiger partial charge in [-0.1, -0.05) is 20.8 Å². The molecule has 0 heterocycles. The van der Waals surface area contributed by atoms with Crippen molar-refractivity contribution in [1.82, 2.24) is 5.32 Å². The quantitative estimate of drug-likeness (QED) is 0.771. The minimum Gasteiger partial charge on any atom is -0.461 e. The predicted octanol–water partition coefficient (Wildman–Crippen LogP) is 4.44. The summed E-state index contributed by atoms with van der Waals surface area (Å²) in [5.41, 5.74) is -1.41. The summed E-state index contributed by atoms with van der Waals surface area (Å²) in [6.07, 6.45) is 3.24. The second-order valence-corrected chi connectivity index (χ2v) is 9.50. The van der Waals surface area contributed by atoms with Gasteiger partial charge in [-0.15, -0.1) is 0 Å². The van der Waals surface area contributed by atoms with E-state index in [2.05, 4.69) is 26.1 Å². The van der Waals surface area contributed by atoms with E-state index in [0.29, 0.717) is 11.3 Å². The molecule has 0 saturated heterocycles. The zero-order valence-electron chi connectivity index (χ0n) is 16.6. The van der Waals surface area contributed by atoms with Gasteiger partial charge in [0.15, 0.2) is 0 Å². The maximum atomic E-state index is 12.4. The molecule has 140 valence electrons. The molecule has 0 unspecified atom stereocenters. The SMILES string of the molecule is CC(C)(C)OC(=O)NC(C)(C)C(=O)OC1CCC(C(C)(C)C)CC1. The number of ether oxygens (including phenoxy) is 2. The van der Waals surface area contributed by atoms with Gasteiger partial charge in [-0.3, -0.25) is 0 Å². The molecule has 0 atom stereocenters. The summed E-state index contributed by atoms with van der Waals surface area (Å²) >= 11 is 0. The lowest BCUT2D eigenvalue weighted by molar-refractivity contribution is -0.158. The van der Waals surface area contributed by atoms with Crippen molar-refractivity contribution in [1.29, 1.82) is 0 Å². The first-order valence-corrected chi connectivity index (χ1v) is 8.93. The summed E-state index contributed by atoms with van der Waals surface area (Å²) in [4.78, 5) is 24.3. The molecule has 0 aromatic carbocycles. The topological polar surface area (TPSA) is 64.6 Å². The Morgan fingerprint density at radius 3 is 1.79 bits per heavy atom. The van der Waals surface area contributed by atoms with E-state index in [1.54, 1.807) is 34.6 Å². The zero-order chi connectivity index (χ0) is 18.8. The summed E-state index contributed by atoms with van der Waals surface area (Å²) in [6, 6.07) is 0. The van der Waals surface area contributed by atoms with Gasteiger partial charge in [-0.05, 0) is 71.6 Å². The van der Waals surface area contributed by atoms with Gasteiger partial charge in [0.05, 0.1) is 0 Å². The minimum absolute atomic E-state index is 0.0594. The third kappa shape index (κ3) is 6.70. The fourth-order valence-electron chi connectivity index (χ4n) is 2.96. The fraction of sp³-hybridized carbons (Fsp3) is 0.895. The van der Waals surface area contributed by atoms with E-state index < -0.39 is 23.2 Å². The number of rotatable bonds is 3. The van der Waals surface area contributed by atoms with Crippen LogP contribution in [-0.2, 0) is 14.3 Å². The first-order chi connectivity index (χ1) is 10.7. The molecule has 0 aromatic rings. The molecule has 5 nitrogen and oxygen atoms in total. The highest BCUT2D eigenvalue weighted by Gasteiger charge is 2.36. The number of esters is 1. The van der Waals surface area contributed by atoms with E-state index in [-0.39, 0.29) is 6.10 Å². The van der Waals surface area contributed by atoms with E-state index in [0.717, 1.165) is 25.7 Å². The monoisotopic (exact) mass is 341 g/mol. The van der Waals surface area contributed by atoms with Gasteiger partial charge in [-0.25, -0.2) is 9.59 Å². The van der Waals surface area contributed by atoms with Gasteiger partial charge in [0.1, 0.15) is 17.2 Å². The Bertz CT molecular complexity index is 449. The third-order valence-electron chi connectivity index (χ3n) is 4.50. The highest BCUT2D eigenvalue weighted by Crippen LogP contribution is 2.38. The lowest BCUT2D eigenvalue weighted by Crippen LogP contribution is -2.52. The van der Waals surface area contributed by atoms with Crippen LogP contribution in [0.25, 0.3) is 0 Å². The van der Waals surface area contributed by atoms with Gasteiger partial charge in [0.25, 0.3) is 0 Å². The van der Waals surface area contributed by atoms with Crippen molar-refractivity contribution in [2.24, 2.45) is 11.3 Å². The van der Waals surface area contributed by atoms with Crippen molar-refractivity contribution in [3.05, 3.63) is 0 Å². The van der Waals surface area contributed by atoms with Crippen molar-refractivity contribution in [3.63, 3.8) is 0 Å². The van der Waals surface area contributed by atoms with Crippen molar-refractivity contribution < 1.29 is 19.1 Å². The Balaban J connectivity index is 2.51. The molecule has 5 heteroatoms. The zero-order valence-corrected chi connectivity index (χ0v) is 16.6. The van der Waals surface area contributed by atoms with E-state index >= 15 is 0 Å². The molecular weight excluding hydrogens is 306 g/mol. The van der Waals surface area contributed by atoms with Crippen LogP contribution in [0.1, 0.15) is 81.1 Å². The van der Waals surface area contributed by atoms with Crippen LogP contribution in [0.3, 0.4) is 0 Å². The highest BCUT2D eigenvalue weighted by atomic mass is 16.6. The predicted molar refractivity (Wildman–Crippen MR) is 94.7 cm³/mol. The Kier molecular flexibility index (Phi) is 6.34. The van der Waals surface area contributed by atoms with Gasteiger partial charge in [0, 0.05) is 0 Å². The van der Waals surface area contributed by atoms with Crippen LogP contribution in [0.4, 0.5) is 4.79 Å². The molecule has 0 radical (unpaired) electrons. The number of amides is 1. The summed E-state index contributed by atoms with van der Waals surface area (Å²) in [6.45, 7) is 15.4. The van der Waals surface area contributed by atoms with Crippen molar-refractivity contribution in [3.8, 4) is 0 Å². The van der Waals surface area contributed by atoms with Crippen LogP contribution in [0.2, 0.25) is 0 Å². The number of carbonyl (C=O) groups excluding carboxylic acids is 2. The smallest absolute Gasteiger partial charge is 0.408 e. The van der Waals surface area contributed by atoms with Crippen LogP contribution in [0.5, 0.6) is 0 Å². The third-order valence-corrected chi connectivity index (χ3v) is 4.50. The molecule has 0 aromatic heterocycles. The van der Waals surface area contributed by atoms with Crippen LogP contribution in [-0.4, -0.2) is 29.3 Å². The number of hydrogen-bond donors (Lipinski definition) is 1. The number of nitrogens with one attached hydrogen (secondary N) is 1. The van der Waals surface area contributed by atoms with Crippen molar-refractivity contribution >= 4 is 12.1 Å². The van der Waals surface area contributed by atoms with Crippen LogP contribution >= 0.6 is 0 Å². The molecule has 0 bridgehead atoms. The average Bonchev–Trinajstić information content (AvgIpc) is 2.34. The molecule has 0 aliphatic heterocycles. The summed E-state index contributed by atoms with van der Waals surface area (Å²) < 4.78 is 10.8. The van der Waals surface area contributed by atoms with Crippen molar-refractivity contribution in [2.45, 2.75) is 98.3 Å². The van der Waals surface area contributed by atoms with Crippen LogP contribution < -0.4 is 5.32 Å². The number of carbonyl (C=O) groups is 2. The highest BCUT2D eigenvalue weighted by molar-refractivity contribution is 5.85. The maximum Gasteiger partial charge on any atom is 0.408 e. The maximum absolute atomic E-state index is 12.4. The summed E-state index contributed by atoms with van der Waals surface area (Å²) in [5, 5.41) is 2.60. The summed E-state index contributed by atoms with van der Waals surface area (Å²) in [5.74, 6) is 0.257. The summed E-state index contributed by atoms with van der Waals surface area (Å²) in [7, 11) is 0. The molecule has 24 heavy (non-hydrogen) atoms. The molecule has 1 amide bonds. The van der Waals surface area contributed by atoms with Crippen LogP contribution in [0, 0.1) is 11.3 Å². The van der Waals surface area contributed by atoms with Crippen molar-refractivity contribution in [2.75, 3.05) is 0 Å². The Morgan fingerprint density at radius 2 is 1.38 bits per heavy atom. The molecule has 1 aliphatic carbocycles. The molecule has 1 rings (SSSR count). The van der Waals surface area contributed by atoms with E-state index in [9.17, 15) is 9.59 Å². The molecule has 0 spiro atoms. The largest absolute Gasteiger partial charge is 0.461 e. The second-order valence-electron chi connectivity index (χ2n) is 9.50. The first kappa shape index (κ1) is 20.8. The van der Waals surface area contributed by atoms with Gasteiger partial charge < -0.3 is 14.8 Å². The first-order valence-electron chi connectivity index (χ1n) is 8.93. The minimum atomic E-state index is -1.11. The Labute approximate surface area is 146 Å². The fourth-order valence-corrected chi connectivity index (χ4v) is 2.96. The van der Waals surface area contributed by atoms with E-state index in [1.165, 1.54) is 0 Å². The Hall–Kier alpha value is -1.26. The second kappa shape index (κ2) is 7.32. The van der Waals surface area contributed by atoms with Gasteiger partial charge >= 0.3 is 12.1 Å². The van der Waals surface area contributed by atoms with Crippen LogP contribution in [0.15, 0.2) is 0 Å². The lowest BCUT2D eigenvalue weighted by Gasteiger charge is -2.37. The molecule has 1 fully saturated rings. The van der Waals surface area contributed by atoms with Gasteiger partial charge in [0.2, 0.25) is 0 Å². The average molecular weight is 341 g/mol. The number of alkyl carbamates (subject to hydrolysis) is 1. The lowest BCUT2D eigenvalue weighted by atomic mass is 9.72. The van der Waals surface area contributed by atoms with E-state index in [1.807, 2.05) is 0 Å². The molecule has 1 N–H and O–H groups in total. The number of hydrogen-bond acceptors (Lipinski definition) is 4. The molecular formula is C19H35NO4. The Morgan fingerprint density at radius 1 is 0.875 bits per heavy atom. The molecule has 1 aliphatic rings. The van der Waals surface area contributed by atoms with Gasteiger partial charge in [-0.2, -0.15) is 0 Å². The standard InChI is InChI=1S/C19H35NO4/c1-17(2,3)13-9-11-14(12-10-13)23-15(21)19(7,8)20-16(22)24-18(4,5)6/h13-14H,9-12H2,1-8H3,(H,20,22). The normalized spacial score (nSPS) is 22.7. The molecule has 1 saturated carbocycles. The van der Waals surface area contributed by atoms with E-state index in [4.69, 9.17) is 9.47 Å².